The van der Waals surface area contributed by atoms with Crippen LogP contribution in [0.4, 0.5) is 5.82 Å². The molecule has 1 aromatic heterocycles. The van der Waals surface area contributed by atoms with Gasteiger partial charge in [0.1, 0.15) is 10.7 Å². The maximum absolute atomic E-state index is 13.1. The van der Waals surface area contributed by atoms with E-state index < -0.39 is 10.0 Å². The maximum Gasteiger partial charge on any atom is 0.246 e. The van der Waals surface area contributed by atoms with Crippen molar-refractivity contribution in [1.82, 2.24) is 14.2 Å². The molecule has 29 heavy (non-hydrogen) atoms. The van der Waals surface area contributed by atoms with Crippen LogP contribution in [-0.4, -0.2) is 48.8 Å². The molecule has 1 aliphatic heterocycles. The third kappa shape index (κ3) is 5.35. The molecular formula is C22H32N4O2S. The zero-order valence-electron chi connectivity index (χ0n) is 17.5. The highest BCUT2D eigenvalue weighted by Gasteiger charge is 2.28. The van der Waals surface area contributed by atoms with E-state index in [0.29, 0.717) is 25.5 Å². The molecule has 1 N–H and O–H groups in total. The molecular weight excluding hydrogens is 384 g/mol. The van der Waals surface area contributed by atoms with Gasteiger partial charge in [-0.2, -0.15) is 4.31 Å². The average molecular weight is 417 g/mol. The first kappa shape index (κ1) is 21.7. The van der Waals surface area contributed by atoms with Crippen molar-refractivity contribution in [3.05, 3.63) is 53.7 Å². The third-order valence-electron chi connectivity index (χ3n) is 5.56. The molecule has 0 unspecified atom stereocenters. The lowest BCUT2D eigenvalue weighted by atomic mass is 10.1. The zero-order chi connectivity index (χ0) is 20.7. The van der Waals surface area contributed by atoms with Crippen LogP contribution < -0.4 is 5.32 Å². The van der Waals surface area contributed by atoms with Gasteiger partial charge < -0.3 is 5.32 Å². The van der Waals surface area contributed by atoms with Crippen LogP contribution in [0.15, 0.2) is 47.5 Å². The molecule has 1 aliphatic rings. The molecule has 1 aromatic carbocycles. The molecule has 2 aromatic rings. The van der Waals surface area contributed by atoms with Gasteiger partial charge >= 0.3 is 0 Å². The quantitative estimate of drug-likeness (QED) is 0.675. The number of nitrogens with zero attached hydrogens (tertiary/aromatic N) is 3. The standard InChI is InChI=1S/C22H32N4O2S/c1-3-25(4-2)18-20-12-7-6-11-19(20)17-24-22-21(13-10-14-23-22)29(27,28)26-15-8-5-9-16-26/h6-7,10-14H,3-5,8-9,15-18H2,1-2H3,(H,23,24). The summed E-state index contributed by atoms with van der Waals surface area (Å²) in [6, 6.07) is 11.6. The SMILES string of the molecule is CCN(CC)Cc1ccccc1CNc1ncccc1S(=O)(=O)N1CCCCC1. The smallest absolute Gasteiger partial charge is 0.246 e. The van der Waals surface area contributed by atoms with E-state index in [-0.39, 0.29) is 4.90 Å². The number of aromatic nitrogens is 1. The van der Waals surface area contributed by atoms with Gasteiger partial charge in [-0.05, 0) is 49.2 Å². The summed E-state index contributed by atoms with van der Waals surface area (Å²) < 4.78 is 27.9. The van der Waals surface area contributed by atoms with Gasteiger partial charge in [0.05, 0.1) is 0 Å². The van der Waals surface area contributed by atoms with Crippen molar-refractivity contribution in [3.63, 3.8) is 0 Å². The van der Waals surface area contributed by atoms with Crippen LogP contribution in [0.25, 0.3) is 0 Å². The van der Waals surface area contributed by atoms with Crippen molar-refractivity contribution in [2.45, 2.75) is 51.1 Å². The Morgan fingerprint density at radius 1 is 1.00 bits per heavy atom. The lowest BCUT2D eigenvalue weighted by Crippen LogP contribution is -2.36. The Morgan fingerprint density at radius 3 is 2.38 bits per heavy atom. The second-order valence-corrected chi connectivity index (χ2v) is 9.30. The molecule has 3 rings (SSSR count). The van der Waals surface area contributed by atoms with E-state index in [2.05, 4.69) is 47.2 Å². The number of pyridine rings is 1. The number of sulfonamides is 1. The minimum Gasteiger partial charge on any atom is -0.365 e. The molecule has 0 atom stereocenters. The van der Waals surface area contributed by atoms with Crippen LogP contribution in [0.1, 0.15) is 44.2 Å². The number of nitrogens with one attached hydrogen (secondary N) is 1. The molecule has 2 heterocycles. The second kappa shape index (κ2) is 10.2. The van der Waals surface area contributed by atoms with E-state index in [4.69, 9.17) is 0 Å². The van der Waals surface area contributed by atoms with Crippen molar-refractivity contribution in [1.29, 1.82) is 0 Å². The topological polar surface area (TPSA) is 65.5 Å². The highest BCUT2D eigenvalue weighted by molar-refractivity contribution is 7.89. The first-order chi connectivity index (χ1) is 14.1. The Morgan fingerprint density at radius 2 is 1.69 bits per heavy atom. The number of anilines is 1. The molecule has 1 saturated heterocycles. The first-order valence-electron chi connectivity index (χ1n) is 10.5. The van der Waals surface area contributed by atoms with Crippen molar-refractivity contribution >= 4 is 15.8 Å². The molecule has 7 heteroatoms. The number of rotatable bonds is 9. The van der Waals surface area contributed by atoms with Gasteiger partial charge in [0.15, 0.2) is 0 Å². The maximum atomic E-state index is 13.1. The van der Waals surface area contributed by atoms with E-state index in [1.54, 1.807) is 22.6 Å². The van der Waals surface area contributed by atoms with Gasteiger partial charge in [0.25, 0.3) is 0 Å². The molecule has 0 amide bonds. The van der Waals surface area contributed by atoms with Gasteiger partial charge in [0, 0.05) is 32.4 Å². The summed E-state index contributed by atoms with van der Waals surface area (Å²) in [6.07, 6.45) is 4.56. The molecule has 0 bridgehead atoms. The van der Waals surface area contributed by atoms with E-state index in [1.807, 2.05) is 6.07 Å². The van der Waals surface area contributed by atoms with Gasteiger partial charge in [-0.25, -0.2) is 13.4 Å². The molecule has 158 valence electrons. The van der Waals surface area contributed by atoms with Crippen molar-refractivity contribution < 1.29 is 8.42 Å². The summed E-state index contributed by atoms with van der Waals surface area (Å²) in [5, 5.41) is 3.29. The fourth-order valence-electron chi connectivity index (χ4n) is 3.73. The molecule has 0 radical (unpaired) electrons. The predicted octanol–water partition coefficient (Wildman–Crippen LogP) is 3.71. The van der Waals surface area contributed by atoms with Crippen LogP contribution in [0.5, 0.6) is 0 Å². The number of hydrogen-bond donors (Lipinski definition) is 1. The molecule has 0 saturated carbocycles. The highest BCUT2D eigenvalue weighted by Crippen LogP contribution is 2.26. The van der Waals surface area contributed by atoms with Gasteiger partial charge in [-0.3, -0.25) is 4.90 Å². The minimum atomic E-state index is -3.53. The second-order valence-electron chi connectivity index (χ2n) is 7.40. The Bertz CT molecular complexity index is 891. The van der Waals surface area contributed by atoms with Crippen LogP contribution in [0, 0.1) is 0 Å². The van der Waals surface area contributed by atoms with Crippen LogP contribution in [0.3, 0.4) is 0 Å². The fourth-order valence-corrected chi connectivity index (χ4v) is 5.36. The Balaban J connectivity index is 1.79. The molecule has 6 nitrogen and oxygen atoms in total. The van der Waals surface area contributed by atoms with Crippen molar-refractivity contribution in [2.24, 2.45) is 0 Å². The van der Waals surface area contributed by atoms with E-state index in [9.17, 15) is 8.42 Å². The summed E-state index contributed by atoms with van der Waals surface area (Å²) in [6.45, 7) is 8.91. The molecule has 1 fully saturated rings. The van der Waals surface area contributed by atoms with Gasteiger partial charge in [0.2, 0.25) is 10.0 Å². The summed E-state index contributed by atoms with van der Waals surface area (Å²) >= 11 is 0. The summed E-state index contributed by atoms with van der Waals surface area (Å²) in [5.41, 5.74) is 2.41. The van der Waals surface area contributed by atoms with Gasteiger partial charge in [-0.1, -0.05) is 44.5 Å². The van der Waals surface area contributed by atoms with Crippen molar-refractivity contribution in [2.75, 3.05) is 31.5 Å². The van der Waals surface area contributed by atoms with Crippen LogP contribution in [0.2, 0.25) is 0 Å². The van der Waals surface area contributed by atoms with Gasteiger partial charge in [-0.15, -0.1) is 0 Å². The summed E-state index contributed by atoms with van der Waals surface area (Å²) in [5.74, 6) is 0.427. The summed E-state index contributed by atoms with van der Waals surface area (Å²) in [4.78, 5) is 6.98. The van der Waals surface area contributed by atoms with E-state index in [1.165, 1.54) is 5.56 Å². The first-order valence-corrected chi connectivity index (χ1v) is 12.0. The van der Waals surface area contributed by atoms with Crippen molar-refractivity contribution in [3.8, 4) is 0 Å². The summed E-state index contributed by atoms with van der Waals surface area (Å²) in [7, 11) is -3.53. The Labute approximate surface area is 175 Å². The molecule has 0 spiro atoms. The third-order valence-corrected chi connectivity index (χ3v) is 7.49. The molecule has 0 aliphatic carbocycles. The average Bonchev–Trinajstić information content (AvgIpc) is 2.77. The largest absolute Gasteiger partial charge is 0.365 e. The highest BCUT2D eigenvalue weighted by atomic mass is 32.2. The number of piperidine rings is 1. The van der Waals surface area contributed by atoms with Crippen LogP contribution >= 0.6 is 0 Å². The number of hydrogen-bond acceptors (Lipinski definition) is 5. The minimum absolute atomic E-state index is 0.267. The van der Waals surface area contributed by atoms with E-state index >= 15 is 0 Å². The zero-order valence-corrected chi connectivity index (χ0v) is 18.3. The predicted molar refractivity (Wildman–Crippen MR) is 117 cm³/mol. The van der Waals surface area contributed by atoms with E-state index in [0.717, 1.165) is 44.5 Å². The monoisotopic (exact) mass is 416 g/mol. The lowest BCUT2D eigenvalue weighted by molar-refractivity contribution is 0.295. The van der Waals surface area contributed by atoms with Crippen LogP contribution in [-0.2, 0) is 23.1 Å². The Hall–Kier alpha value is -1.96. The normalized spacial score (nSPS) is 15.6. The Kier molecular flexibility index (Phi) is 7.64. The number of benzene rings is 1. The fraction of sp³-hybridized carbons (Fsp3) is 0.500. The lowest BCUT2D eigenvalue weighted by Gasteiger charge is -2.26.